The molecular weight excluding hydrogens is 420 g/mol. The van der Waals surface area contributed by atoms with Crippen LogP contribution in [-0.4, -0.2) is 20.2 Å². The molecule has 2 N–H and O–H groups in total. The summed E-state index contributed by atoms with van der Waals surface area (Å²) in [5.74, 6) is 0.757. The van der Waals surface area contributed by atoms with E-state index < -0.39 is 0 Å². The zero-order valence-electron chi connectivity index (χ0n) is 20.0. The highest BCUT2D eigenvalue weighted by Gasteiger charge is 2.02. The summed E-state index contributed by atoms with van der Waals surface area (Å²) in [5, 5.41) is 19.4. The van der Waals surface area contributed by atoms with Gasteiger partial charge in [-0.15, -0.1) is 0 Å². The van der Waals surface area contributed by atoms with Gasteiger partial charge in [0, 0.05) is 24.8 Å². The summed E-state index contributed by atoms with van der Waals surface area (Å²) in [6, 6.07) is 15.7. The Morgan fingerprint density at radius 3 is 1.15 bits per heavy atom. The van der Waals surface area contributed by atoms with Crippen LogP contribution < -0.4 is 0 Å². The second-order valence-corrected chi connectivity index (χ2v) is 8.25. The minimum Gasteiger partial charge on any atom is -0.507 e. The lowest BCUT2D eigenvalue weighted by atomic mass is 10.0. The van der Waals surface area contributed by atoms with Crippen LogP contribution in [0.4, 0.5) is 0 Å². The summed E-state index contributed by atoms with van der Waals surface area (Å²) >= 11 is 0. The van der Waals surface area contributed by atoms with Crippen molar-refractivity contribution in [1.29, 1.82) is 0 Å². The third kappa shape index (κ3) is 6.91. The number of nitrogens with zero attached hydrogens (tertiary/aromatic N) is 2. The summed E-state index contributed by atoms with van der Waals surface area (Å²) in [5.41, 5.74) is 7.90. The highest BCUT2D eigenvalue weighted by Crippen LogP contribution is 2.24. The fourth-order valence-corrected chi connectivity index (χ4v) is 3.51. The van der Waals surface area contributed by atoms with E-state index in [4.69, 9.17) is 0 Å². The molecule has 4 nitrogen and oxygen atoms in total. The van der Waals surface area contributed by atoms with Gasteiger partial charge in [0.15, 0.2) is 0 Å². The van der Waals surface area contributed by atoms with Crippen LogP contribution in [0.15, 0.2) is 73.3 Å². The molecule has 0 amide bonds. The lowest BCUT2D eigenvalue weighted by molar-refractivity contribution is 0.466. The molecule has 0 radical (unpaired) electrons. The molecule has 4 aromatic rings. The maximum absolute atomic E-state index is 9.68. The van der Waals surface area contributed by atoms with E-state index in [1.807, 2.05) is 113 Å². The number of benzene rings is 2. The molecule has 2 aromatic carbocycles. The van der Waals surface area contributed by atoms with Crippen LogP contribution in [0.5, 0.6) is 11.5 Å². The van der Waals surface area contributed by atoms with Gasteiger partial charge in [-0.2, -0.15) is 0 Å². The maximum atomic E-state index is 9.68. The van der Waals surface area contributed by atoms with Crippen molar-refractivity contribution in [1.82, 2.24) is 9.97 Å². The molecule has 0 saturated heterocycles. The van der Waals surface area contributed by atoms with Crippen LogP contribution in [0.1, 0.15) is 44.5 Å². The number of phenolic OH excluding ortho intramolecular Hbond substituents is 2. The molecule has 0 spiro atoms. The van der Waals surface area contributed by atoms with Crippen molar-refractivity contribution in [3.8, 4) is 11.5 Å². The third-order valence-electron chi connectivity index (χ3n) is 5.33. The number of hydrogen-bond acceptors (Lipinski definition) is 4. The fraction of sp³-hybridized carbons (Fsp3) is 0.133. The zero-order valence-corrected chi connectivity index (χ0v) is 20.0. The summed E-state index contributed by atoms with van der Waals surface area (Å²) in [7, 11) is 0. The normalized spacial score (nSPS) is 10.9. The molecule has 4 heteroatoms. The molecule has 0 unspecified atom stereocenters. The zero-order chi connectivity index (χ0) is 24.5. The van der Waals surface area contributed by atoms with Crippen molar-refractivity contribution in [2.75, 3.05) is 0 Å². The lowest BCUT2D eigenvalue weighted by Gasteiger charge is -2.04. The topological polar surface area (TPSA) is 66.2 Å². The van der Waals surface area contributed by atoms with Crippen LogP contribution in [0, 0.1) is 27.7 Å². The van der Waals surface area contributed by atoms with E-state index in [1.54, 1.807) is 12.4 Å². The smallest absolute Gasteiger partial charge is 0.121 e. The number of aryl methyl sites for hydroxylation is 4. The van der Waals surface area contributed by atoms with Crippen molar-refractivity contribution >= 4 is 24.3 Å². The van der Waals surface area contributed by atoms with Gasteiger partial charge in [0.05, 0.1) is 0 Å². The van der Waals surface area contributed by atoms with Crippen LogP contribution in [0.2, 0.25) is 0 Å². The first-order valence-electron chi connectivity index (χ1n) is 11.1. The van der Waals surface area contributed by atoms with E-state index in [1.165, 1.54) is 0 Å². The van der Waals surface area contributed by atoms with Gasteiger partial charge in [-0.3, -0.25) is 9.97 Å². The Balaban J connectivity index is 0.000000191. The third-order valence-corrected chi connectivity index (χ3v) is 5.33. The Kier molecular flexibility index (Phi) is 8.36. The number of phenols is 2. The molecule has 0 aliphatic heterocycles. The summed E-state index contributed by atoms with van der Waals surface area (Å²) in [6.45, 7) is 7.63. The molecule has 2 aromatic heterocycles. The number of hydrogen-bond donors (Lipinski definition) is 2. The van der Waals surface area contributed by atoms with Crippen LogP contribution in [0.25, 0.3) is 24.3 Å². The van der Waals surface area contributed by atoms with E-state index in [9.17, 15) is 10.2 Å². The largest absolute Gasteiger partial charge is 0.507 e. The molecule has 172 valence electrons. The van der Waals surface area contributed by atoms with Gasteiger partial charge >= 0.3 is 0 Å². The molecule has 0 aliphatic rings. The maximum Gasteiger partial charge on any atom is 0.121 e. The Labute approximate surface area is 201 Å². The van der Waals surface area contributed by atoms with Gasteiger partial charge in [0.25, 0.3) is 0 Å². The van der Waals surface area contributed by atoms with Crippen molar-refractivity contribution < 1.29 is 10.2 Å². The second kappa shape index (κ2) is 11.6. The predicted octanol–water partition coefficient (Wildman–Crippen LogP) is 7.15. The average Bonchev–Trinajstić information content (AvgIpc) is 2.85. The van der Waals surface area contributed by atoms with Gasteiger partial charge < -0.3 is 10.2 Å². The predicted molar refractivity (Wildman–Crippen MR) is 141 cm³/mol. The molecule has 2 heterocycles. The van der Waals surface area contributed by atoms with Crippen LogP contribution in [0.3, 0.4) is 0 Å². The molecular formula is C30H30N2O2. The van der Waals surface area contributed by atoms with Crippen molar-refractivity contribution in [3.05, 3.63) is 118 Å². The Morgan fingerprint density at radius 1 is 0.529 bits per heavy atom. The summed E-state index contributed by atoms with van der Waals surface area (Å²) < 4.78 is 0. The van der Waals surface area contributed by atoms with Crippen molar-refractivity contribution in [3.63, 3.8) is 0 Å². The minimum absolute atomic E-state index is 0.378. The van der Waals surface area contributed by atoms with Gasteiger partial charge in [-0.1, -0.05) is 36.4 Å². The Morgan fingerprint density at radius 2 is 0.853 bits per heavy atom. The van der Waals surface area contributed by atoms with Gasteiger partial charge in [0.1, 0.15) is 11.5 Å². The number of aromatic hydroxyl groups is 2. The van der Waals surface area contributed by atoms with Crippen molar-refractivity contribution in [2.24, 2.45) is 0 Å². The minimum atomic E-state index is 0.378. The molecule has 0 saturated carbocycles. The lowest BCUT2D eigenvalue weighted by Crippen LogP contribution is -1.83. The SMILES string of the molecule is Cc1cc(C=Cc2cccnc2)cc(C)c1O.Cc1cc(C=Cc2cccnc2)cc(C)c1O. The molecule has 4 rings (SSSR count). The first-order valence-corrected chi connectivity index (χ1v) is 11.1. The number of aromatic nitrogens is 2. The first-order chi connectivity index (χ1) is 16.3. The standard InChI is InChI=1S/2C15H15NO/c2*1-11-8-14(9-12(2)15(11)17)6-5-13-4-3-7-16-10-13/h2*3-10,17H,1-2H3. The monoisotopic (exact) mass is 450 g/mol. The molecule has 0 fully saturated rings. The van der Waals surface area contributed by atoms with E-state index >= 15 is 0 Å². The number of pyridine rings is 2. The van der Waals surface area contributed by atoms with Gasteiger partial charge in [-0.25, -0.2) is 0 Å². The van der Waals surface area contributed by atoms with E-state index in [0.29, 0.717) is 11.5 Å². The van der Waals surface area contributed by atoms with Gasteiger partial charge in [0.2, 0.25) is 0 Å². The second-order valence-electron chi connectivity index (χ2n) is 8.25. The van der Waals surface area contributed by atoms with E-state index in [-0.39, 0.29) is 0 Å². The molecule has 0 aliphatic carbocycles. The van der Waals surface area contributed by atoms with Crippen LogP contribution in [-0.2, 0) is 0 Å². The summed E-state index contributed by atoms with van der Waals surface area (Å²) in [4.78, 5) is 8.11. The van der Waals surface area contributed by atoms with E-state index in [0.717, 1.165) is 44.5 Å². The van der Waals surface area contributed by atoms with E-state index in [2.05, 4.69) is 9.97 Å². The molecule has 0 atom stereocenters. The van der Waals surface area contributed by atoms with Crippen molar-refractivity contribution in [2.45, 2.75) is 27.7 Å². The highest BCUT2D eigenvalue weighted by atomic mass is 16.3. The molecule has 34 heavy (non-hydrogen) atoms. The number of rotatable bonds is 4. The Bertz CT molecular complexity index is 1150. The first kappa shape index (κ1) is 24.5. The summed E-state index contributed by atoms with van der Waals surface area (Å²) in [6.07, 6.45) is 15.2. The highest BCUT2D eigenvalue weighted by molar-refractivity contribution is 5.71. The fourth-order valence-electron chi connectivity index (χ4n) is 3.51. The average molecular weight is 451 g/mol. The van der Waals surface area contributed by atoms with Gasteiger partial charge in [-0.05, 0) is 109 Å². The van der Waals surface area contributed by atoms with Crippen LogP contribution >= 0.6 is 0 Å². The Hall–Kier alpha value is -4.18. The quantitative estimate of drug-likeness (QED) is 0.346. The molecule has 0 bridgehead atoms.